The topological polar surface area (TPSA) is 106 Å². The van der Waals surface area contributed by atoms with Gasteiger partial charge < -0.3 is 16.2 Å². The normalized spacial score (nSPS) is 12.5. The fraction of sp³-hybridized carbons (Fsp3) is 0.429. The summed E-state index contributed by atoms with van der Waals surface area (Å²) in [7, 11) is 0. The molecule has 19 heavy (non-hydrogen) atoms. The van der Waals surface area contributed by atoms with Crippen LogP contribution in [-0.4, -0.2) is 17.2 Å². The molecule has 0 aliphatic rings. The minimum atomic E-state index is -0.793. The van der Waals surface area contributed by atoms with Crippen molar-refractivity contribution in [3.8, 4) is 12.1 Å². The first-order valence-corrected chi connectivity index (χ1v) is 5.95. The number of benzene rings is 1. The molecule has 1 aromatic carbocycles. The molecule has 1 aromatic rings. The van der Waals surface area contributed by atoms with E-state index in [4.69, 9.17) is 16.3 Å². The van der Waals surface area contributed by atoms with E-state index >= 15 is 0 Å². The Bertz CT molecular complexity index is 511. The molecule has 0 heterocycles. The van der Waals surface area contributed by atoms with Crippen LogP contribution in [0.25, 0.3) is 0 Å². The molecule has 0 aromatic heterocycles. The van der Waals surface area contributed by atoms with E-state index in [1.54, 1.807) is 0 Å². The fourth-order valence-electron chi connectivity index (χ4n) is 1.57. The van der Waals surface area contributed by atoms with Gasteiger partial charge in [0.25, 0.3) is 0 Å². The van der Waals surface area contributed by atoms with Crippen molar-refractivity contribution in [2.24, 2.45) is 0 Å². The lowest BCUT2D eigenvalue weighted by atomic mass is 10.00. The minimum Gasteiger partial charge on any atom is -0.397 e. The first kappa shape index (κ1) is 15.0. The highest BCUT2D eigenvalue weighted by atomic mass is 16.3. The highest BCUT2D eigenvalue weighted by Crippen LogP contribution is 2.23. The van der Waals surface area contributed by atoms with Crippen molar-refractivity contribution in [1.29, 1.82) is 10.5 Å². The molecule has 1 unspecified atom stereocenters. The molecule has 1 rings (SSSR count). The van der Waals surface area contributed by atoms with Gasteiger partial charge in [-0.3, -0.25) is 0 Å². The van der Waals surface area contributed by atoms with E-state index in [0.717, 1.165) is 0 Å². The number of hydrogen-bond donors (Lipinski definition) is 3. The summed E-state index contributed by atoms with van der Waals surface area (Å²) in [6, 6.07) is 6.90. The summed E-state index contributed by atoms with van der Waals surface area (Å²) in [6.07, 6.45) is -0.793. The van der Waals surface area contributed by atoms with Crippen LogP contribution in [0.2, 0.25) is 0 Å². The number of aliphatic hydroxyl groups is 1. The Morgan fingerprint density at radius 3 is 2.11 bits per heavy atom. The Hall–Kier alpha value is -2.08. The van der Waals surface area contributed by atoms with E-state index in [9.17, 15) is 5.11 Å². The first-order valence-electron chi connectivity index (χ1n) is 5.95. The Kier molecular flexibility index (Phi) is 4.50. The Morgan fingerprint density at radius 2 is 1.74 bits per heavy atom. The fourth-order valence-corrected chi connectivity index (χ4v) is 1.57. The van der Waals surface area contributed by atoms with Crippen LogP contribution in [0.1, 0.15) is 43.6 Å². The van der Waals surface area contributed by atoms with Gasteiger partial charge in [0.05, 0.1) is 22.9 Å². The predicted molar refractivity (Wildman–Crippen MR) is 73.0 cm³/mol. The molecule has 5 heteroatoms. The average Bonchev–Trinajstić information content (AvgIpc) is 2.35. The lowest BCUT2D eigenvalue weighted by molar-refractivity contribution is 0.163. The Morgan fingerprint density at radius 1 is 1.26 bits per heavy atom. The number of nitrogen functional groups attached to an aromatic ring is 1. The van der Waals surface area contributed by atoms with Crippen LogP contribution in [0.15, 0.2) is 12.1 Å². The van der Waals surface area contributed by atoms with Crippen LogP contribution >= 0.6 is 0 Å². The number of nitriles is 2. The maximum atomic E-state index is 10.1. The lowest BCUT2D eigenvalue weighted by Crippen LogP contribution is -2.38. The van der Waals surface area contributed by atoms with Crippen LogP contribution in [0, 0.1) is 22.7 Å². The largest absolute Gasteiger partial charge is 0.397 e. The van der Waals surface area contributed by atoms with Crippen LogP contribution in [0.3, 0.4) is 0 Å². The molecule has 0 bridgehead atoms. The lowest BCUT2D eigenvalue weighted by Gasteiger charge is -2.23. The van der Waals surface area contributed by atoms with Gasteiger partial charge in [-0.1, -0.05) is 0 Å². The number of nitrogens with two attached hydrogens (primary N) is 1. The van der Waals surface area contributed by atoms with Crippen molar-refractivity contribution in [3.63, 3.8) is 0 Å². The third-order valence-corrected chi connectivity index (χ3v) is 2.65. The van der Waals surface area contributed by atoms with E-state index in [1.807, 2.05) is 32.9 Å². The molecule has 1 atom stereocenters. The summed E-state index contributed by atoms with van der Waals surface area (Å²) in [5.41, 5.74) is 6.65. The van der Waals surface area contributed by atoms with Gasteiger partial charge in [0, 0.05) is 12.1 Å². The number of nitrogens with one attached hydrogen (secondary N) is 1. The summed E-state index contributed by atoms with van der Waals surface area (Å²) >= 11 is 0. The van der Waals surface area contributed by atoms with Crippen molar-refractivity contribution in [2.45, 2.75) is 32.4 Å². The first-order chi connectivity index (χ1) is 8.78. The minimum absolute atomic E-state index is 0.120. The van der Waals surface area contributed by atoms with Crippen LogP contribution in [-0.2, 0) is 0 Å². The maximum absolute atomic E-state index is 10.1. The molecule has 0 saturated carbocycles. The maximum Gasteiger partial charge on any atom is 0.101 e. The zero-order valence-corrected chi connectivity index (χ0v) is 11.4. The summed E-state index contributed by atoms with van der Waals surface area (Å²) in [5, 5.41) is 31.2. The van der Waals surface area contributed by atoms with Crippen LogP contribution in [0.5, 0.6) is 0 Å². The van der Waals surface area contributed by atoms with E-state index in [1.165, 1.54) is 12.1 Å². The van der Waals surface area contributed by atoms with Gasteiger partial charge in [0.15, 0.2) is 0 Å². The monoisotopic (exact) mass is 258 g/mol. The van der Waals surface area contributed by atoms with Gasteiger partial charge in [-0.05, 0) is 38.5 Å². The highest BCUT2D eigenvalue weighted by Gasteiger charge is 2.16. The summed E-state index contributed by atoms with van der Waals surface area (Å²) in [4.78, 5) is 0. The van der Waals surface area contributed by atoms with Gasteiger partial charge >= 0.3 is 0 Å². The van der Waals surface area contributed by atoms with Gasteiger partial charge in [0.2, 0.25) is 0 Å². The number of hydrogen-bond acceptors (Lipinski definition) is 5. The molecule has 100 valence electrons. The van der Waals surface area contributed by atoms with Gasteiger partial charge in [0.1, 0.15) is 12.1 Å². The van der Waals surface area contributed by atoms with E-state index in [0.29, 0.717) is 12.1 Å². The second-order valence-electron chi connectivity index (χ2n) is 5.40. The number of rotatable bonds is 3. The second kappa shape index (κ2) is 5.71. The van der Waals surface area contributed by atoms with E-state index in [-0.39, 0.29) is 22.4 Å². The smallest absolute Gasteiger partial charge is 0.101 e. The summed E-state index contributed by atoms with van der Waals surface area (Å²) in [5.74, 6) is 0. The third-order valence-electron chi connectivity index (χ3n) is 2.65. The molecule has 0 amide bonds. The zero-order valence-electron chi connectivity index (χ0n) is 11.4. The van der Waals surface area contributed by atoms with Gasteiger partial charge in [-0.15, -0.1) is 0 Å². The van der Waals surface area contributed by atoms with Crippen molar-refractivity contribution in [1.82, 2.24) is 5.32 Å². The molecule has 0 saturated heterocycles. The molecule has 0 radical (unpaired) electrons. The molecule has 0 fully saturated rings. The summed E-state index contributed by atoms with van der Waals surface area (Å²) in [6.45, 7) is 6.31. The molecular formula is C14H18N4O. The number of β-amino-alcohol motifs (C(OH)–C–C–N with tert-alkyl or cyclic N) is 1. The van der Waals surface area contributed by atoms with E-state index < -0.39 is 6.10 Å². The van der Waals surface area contributed by atoms with Crippen LogP contribution < -0.4 is 11.1 Å². The Balaban J connectivity index is 3.02. The van der Waals surface area contributed by atoms with Crippen molar-refractivity contribution >= 4 is 5.69 Å². The molecule has 5 nitrogen and oxygen atoms in total. The average molecular weight is 258 g/mol. The van der Waals surface area contributed by atoms with Crippen LogP contribution in [0.4, 0.5) is 5.69 Å². The Labute approximate surface area is 113 Å². The molecule has 4 N–H and O–H groups in total. The molecule has 0 aliphatic carbocycles. The SMILES string of the molecule is CC(C)(C)NCC(O)c1cc(C#N)c(N)c(C#N)c1. The van der Waals surface area contributed by atoms with Gasteiger partial charge in [-0.25, -0.2) is 0 Å². The number of anilines is 1. The van der Waals surface area contributed by atoms with Crippen molar-refractivity contribution in [3.05, 3.63) is 28.8 Å². The molecule has 0 aliphatic heterocycles. The zero-order chi connectivity index (χ0) is 14.6. The predicted octanol–water partition coefficient (Wildman–Crippen LogP) is 1.43. The second-order valence-corrected chi connectivity index (χ2v) is 5.40. The van der Waals surface area contributed by atoms with Crippen molar-refractivity contribution in [2.75, 3.05) is 12.3 Å². The molecular weight excluding hydrogens is 240 g/mol. The highest BCUT2D eigenvalue weighted by molar-refractivity contribution is 5.65. The van der Waals surface area contributed by atoms with Gasteiger partial charge in [-0.2, -0.15) is 10.5 Å². The number of nitrogens with zero attached hydrogens (tertiary/aromatic N) is 2. The standard InChI is InChI=1S/C14H18N4O/c1-14(2,3)18-8-12(19)9-4-10(6-15)13(17)11(5-9)7-16/h4-5,12,18-19H,8,17H2,1-3H3. The third kappa shape index (κ3) is 3.96. The summed E-state index contributed by atoms with van der Waals surface area (Å²) < 4.78 is 0. The number of aliphatic hydroxyl groups excluding tert-OH is 1. The molecule has 0 spiro atoms. The van der Waals surface area contributed by atoms with E-state index in [2.05, 4.69) is 5.32 Å². The van der Waals surface area contributed by atoms with Crippen molar-refractivity contribution < 1.29 is 5.11 Å². The quantitative estimate of drug-likeness (QED) is 0.711.